The Labute approximate surface area is 181 Å². The van der Waals surface area contributed by atoms with E-state index in [1.807, 2.05) is 12.1 Å². The van der Waals surface area contributed by atoms with Crippen molar-refractivity contribution in [2.24, 2.45) is 0 Å². The predicted molar refractivity (Wildman–Crippen MR) is 123 cm³/mol. The lowest BCUT2D eigenvalue weighted by atomic mass is 9.95. The van der Waals surface area contributed by atoms with Crippen LogP contribution in [0, 0.1) is 0 Å². The molecule has 1 fully saturated rings. The largest absolute Gasteiger partial charge is 0.381 e. The van der Waals surface area contributed by atoms with Gasteiger partial charge in [0.05, 0.1) is 16.4 Å². The van der Waals surface area contributed by atoms with Crippen molar-refractivity contribution in [2.75, 3.05) is 20.3 Å². The second kappa shape index (κ2) is 9.89. The number of nitrogens with zero attached hydrogens (tertiary/aromatic N) is 1. The van der Waals surface area contributed by atoms with Gasteiger partial charge in [-0.25, -0.2) is 9.10 Å². The monoisotopic (exact) mass is 432 g/mol. The average molecular weight is 433 g/mol. The van der Waals surface area contributed by atoms with Gasteiger partial charge in [-0.2, -0.15) is 0 Å². The number of anilines is 4. The van der Waals surface area contributed by atoms with Gasteiger partial charge in [-0.05, 0) is 55.3 Å². The van der Waals surface area contributed by atoms with Gasteiger partial charge in [-0.15, -0.1) is 0 Å². The standard InChI is InChI=1S/C21H25ClN4O2S/c1-14(27)23-16-7-10-18(11-8-16)26(29)21(28)25-17-9-12-20(19(22)13-17)24-15-5-3-2-4-6-15/h7-13,15,24,29H,2-6H2,1H3,(H,23,27)(H,25,28). The van der Waals surface area contributed by atoms with E-state index in [-0.39, 0.29) is 5.91 Å². The highest BCUT2D eigenvalue weighted by Gasteiger charge is 2.16. The summed E-state index contributed by atoms with van der Waals surface area (Å²) in [6.07, 6.45) is 6.10. The fourth-order valence-electron chi connectivity index (χ4n) is 3.36. The van der Waals surface area contributed by atoms with Crippen molar-refractivity contribution in [1.29, 1.82) is 0 Å². The zero-order valence-electron chi connectivity index (χ0n) is 16.2. The van der Waals surface area contributed by atoms with E-state index in [0.717, 1.165) is 18.5 Å². The highest BCUT2D eigenvalue weighted by atomic mass is 35.5. The van der Waals surface area contributed by atoms with Crippen LogP contribution in [0.5, 0.6) is 0 Å². The van der Waals surface area contributed by atoms with Crippen molar-refractivity contribution in [3.8, 4) is 0 Å². The molecule has 1 aliphatic carbocycles. The van der Waals surface area contributed by atoms with Gasteiger partial charge in [0.1, 0.15) is 0 Å². The Hall–Kier alpha value is -2.38. The molecular formula is C21H25ClN4O2S. The summed E-state index contributed by atoms with van der Waals surface area (Å²) in [6, 6.07) is 12.3. The molecule has 0 aliphatic heterocycles. The van der Waals surface area contributed by atoms with E-state index < -0.39 is 6.03 Å². The molecule has 0 heterocycles. The third-order valence-corrected chi connectivity index (χ3v) is 5.54. The molecule has 0 saturated heterocycles. The van der Waals surface area contributed by atoms with E-state index >= 15 is 0 Å². The lowest BCUT2D eigenvalue weighted by molar-refractivity contribution is -0.114. The van der Waals surface area contributed by atoms with Crippen LogP contribution in [0.25, 0.3) is 0 Å². The Morgan fingerprint density at radius 3 is 2.28 bits per heavy atom. The summed E-state index contributed by atoms with van der Waals surface area (Å²) < 4.78 is 1.19. The van der Waals surface area contributed by atoms with E-state index in [0.29, 0.717) is 28.1 Å². The normalized spacial score (nSPS) is 14.2. The van der Waals surface area contributed by atoms with E-state index in [2.05, 4.69) is 28.8 Å². The van der Waals surface area contributed by atoms with Gasteiger partial charge in [0.2, 0.25) is 5.91 Å². The van der Waals surface area contributed by atoms with Crippen LogP contribution in [0.15, 0.2) is 42.5 Å². The number of thiol groups is 1. The zero-order chi connectivity index (χ0) is 20.8. The van der Waals surface area contributed by atoms with Gasteiger partial charge in [-0.1, -0.05) is 43.7 Å². The molecule has 2 aromatic carbocycles. The Morgan fingerprint density at radius 1 is 1.00 bits per heavy atom. The molecule has 1 saturated carbocycles. The first-order chi connectivity index (χ1) is 13.9. The molecule has 8 heteroatoms. The Morgan fingerprint density at radius 2 is 1.66 bits per heavy atom. The summed E-state index contributed by atoms with van der Waals surface area (Å²) in [5, 5.41) is 9.53. The van der Waals surface area contributed by atoms with Gasteiger partial charge in [-0.3, -0.25) is 4.79 Å². The van der Waals surface area contributed by atoms with Crippen LogP contribution >= 0.6 is 24.4 Å². The molecule has 2 aromatic rings. The molecule has 0 atom stereocenters. The molecule has 29 heavy (non-hydrogen) atoms. The molecule has 3 N–H and O–H groups in total. The third-order valence-electron chi connectivity index (χ3n) is 4.81. The van der Waals surface area contributed by atoms with Gasteiger partial charge in [0.15, 0.2) is 0 Å². The maximum Gasteiger partial charge on any atom is 0.336 e. The predicted octanol–water partition coefficient (Wildman–Crippen LogP) is 5.93. The molecule has 6 nitrogen and oxygen atoms in total. The molecule has 0 aromatic heterocycles. The van der Waals surface area contributed by atoms with Gasteiger partial charge in [0.25, 0.3) is 0 Å². The Bertz CT molecular complexity index is 869. The number of halogens is 1. The molecule has 154 valence electrons. The molecule has 0 spiro atoms. The van der Waals surface area contributed by atoms with E-state index in [4.69, 9.17) is 11.6 Å². The van der Waals surface area contributed by atoms with Crippen LogP contribution in [0.1, 0.15) is 39.0 Å². The topological polar surface area (TPSA) is 73.5 Å². The van der Waals surface area contributed by atoms with Crippen LogP contribution < -0.4 is 20.3 Å². The molecule has 1 aliphatic rings. The Balaban J connectivity index is 1.60. The summed E-state index contributed by atoms with van der Waals surface area (Å²) in [5.41, 5.74) is 2.69. The highest BCUT2D eigenvalue weighted by molar-refractivity contribution is 7.82. The molecule has 3 rings (SSSR count). The quantitative estimate of drug-likeness (QED) is 0.442. The Kier molecular flexibility index (Phi) is 7.28. The summed E-state index contributed by atoms with van der Waals surface area (Å²) in [7, 11) is 0. The number of carbonyl (C=O) groups excluding carboxylic acids is 2. The molecule has 0 radical (unpaired) electrons. The SMILES string of the molecule is CC(=O)Nc1ccc(N(S)C(=O)Nc2ccc(NC3CCCCC3)c(Cl)c2)cc1. The van der Waals surface area contributed by atoms with E-state index in [1.165, 1.54) is 30.5 Å². The summed E-state index contributed by atoms with van der Waals surface area (Å²) in [4.78, 5) is 23.6. The van der Waals surface area contributed by atoms with Crippen molar-refractivity contribution < 1.29 is 9.59 Å². The molecule has 0 bridgehead atoms. The number of rotatable bonds is 5. The number of amides is 3. The molecule has 3 amide bonds. The summed E-state index contributed by atoms with van der Waals surface area (Å²) >= 11 is 10.7. The lowest BCUT2D eigenvalue weighted by Crippen LogP contribution is -2.26. The van der Waals surface area contributed by atoms with Gasteiger partial charge >= 0.3 is 6.03 Å². The summed E-state index contributed by atoms with van der Waals surface area (Å²) in [6.45, 7) is 1.44. The van der Waals surface area contributed by atoms with Gasteiger partial charge in [0, 0.05) is 24.3 Å². The van der Waals surface area contributed by atoms with E-state index in [9.17, 15) is 9.59 Å². The fourth-order valence-corrected chi connectivity index (χ4v) is 3.78. The first kappa shape index (κ1) is 21.3. The fraction of sp³-hybridized carbons (Fsp3) is 0.333. The van der Waals surface area contributed by atoms with Crippen LogP contribution in [0.4, 0.5) is 27.5 Å². The lowest BCUT2D eigenvalue weighted by Gasteiger charge is -2.24. The number of hydrogen-bond acceptors (Lipinski definition) is 4. The van der Waals surface area contributed by atoms with Crippen LogP contribution in [0.3, 0.4) is 0 Å². The minimum atomic E-state index is -0.412. The number of hydrogen-bond donors (Lipinski definition) is 4. The number of benzene rings is 2. The average Bonchev–Trinajstić information content (AvgIpc) is 2.70. The van der Waals surface area contributed by atoms with Crippen molar-refractivity contribution >= 4 is 59.1 Å². The third kappa shape index (κ3) is 6.05. The van der Waals surface area contributed by atoms with Crippen LogP contribution in [-0.4, -0.2) is 18.0 Å². The second-order valence-electron chi connectivity index (χ2n) is 7.14. The smallest absolute Gasteiger partial charge is 0.336 e. The van der Waals surface area contributed by atoms with Crippen molar-refractivity contribution in [1.82, 2.24) is 0 Å². The van der Waals surface area contributed by atoms with Crippen LogP contribution in [0.2, 0.25) is 5.02 Å². The van der Waals surface area contributed by atoms with Crippen molar-refractivity contribution in [3.05, 3.63) is 47.5 Å². The summed E-state index contributed by atoms with van der Waals surface area (Å²) in [5.74, 6) is -0.156. The maximum atomic E-state index is 12.5. The second-order valence-corrected chi connectivity index (χ2v) is 7.95. The zero-order valence-corrected chi connectivity index (χ0v) is 17.9. The van der Waals surface area contributed by atoms with Crippen molar-refractivity contribution in [3.63, 3.8) is 0 Å². The number of nitrogens with one attached hydrogen (secondary N) is 3. The van der Waals surface area contributed by atoms with Gasteiger partial charge < -0.3 is 16.0 Å². The van der Waals surface area contributed by atoms with Crippen LogP contribution in [-0.2, 0) is 4.79 Å². The minimum absolute atomic E-state index is 0.156. The first-order valence-corrected chi connectivity index (χ1v) is 10.4. The number of urea groups is 1. The van der Waals surface area contributed by atoms with E-state index in [1.54, 1.807) is 30.3 Å². The van der Waals surface area contributed by atoms with Crippen molar-refractivity contribution in [2.45, 2.75) is 45.1 Å². The first-order valence-electron chi connectivity index (χ1n) is 9.66. The highest BCUT2D eigenvalue weighted by Crippen LogP contribution is 2.29. The minimum Gasteiger partial charge on any atom is -0.381 e. The molecular weight excluding hydrogens is 408 g/mol. The molecule has 0 unspecified atom stereocenters. The number of carbonyl (C=O) groups is 2. The maximum absolute atomic E-state index is 12.5.